The lowest BCUT2D eigenvalue weighted by atomic mass is 9.94. The summed E-state index contributed by atoms with van der Waals surface area (Å²) in [7, 11) is 0. The highest BCUT2D eigenvalue weighted by molar-refractivity contribution is 6.38. The standard InChI is InChI=1S/C15H8Cl2F5N5O/c16-6-1-5(15(20,21)22)2-7(17)10(6)27-11(24)9(8(3-23)26-27)13(12(25)28)4-14(13,18)19/h1-2H,4,24H2,(H2,25,28). The van der Waals surface area contributed by atoms with E-state index >= 15 is 0 Å². The molecule has 1 amide bonds. The van der Waals surface area contributed by atoms with Crippen molar-refractivity contribution in [2.75, 3.05) is 5.73 Å². The second kappa shape index (κ2) is 5.96. The van der Waals surface area contributed by atoms with E-state index in [1.807, 2.05) is 0 Å². The molecule has 0 radical (unpaired) electrons. The van der Waals surface area contributed by atoms with E-state index in [4.69, 9.17) is 34.7 Å². The van der Waals surface area contributed by atoms with Crippen molar-refractivity contribution >= 4 is 34.9 Å². The van der Waals surface area contributed by atoms with Crippen LogP contribution in [0.5, 0.6) is 0 Å². The van der Waals surface area contributed by atoms with Gasteiger partial charge in [0, 0.05) is 6.42 Å². The van der Waals surface area contributed by atoms with Crippen molar-refractivity contribution in [3.05, 3.63) is 39.0 Å². The molecule has 1 saturated carbocycles. The molecule has 2 aromatic rings. The predicted molar refractivity (Wildman–Crippen MR) is 88.1 cm³/mol. The van der Waals surface area contributed by atoms with Gasteiger partial charge in [-0.15, -0.1) is 0 Å². The zero-order chi connectivity index (χ0) is 21.2. The minimum atomic E-state index is -4.75. The summed E-state index contributed by atoms with van der Waals surface area (Å²) in [5.41, 5.74) is 5.57. The van der Waals surface area contributed by atoms with Crippen LogP contribution < -0.4 is 11.5 Å². The number of hydrogen-bond acceptors (Lipinski definition) is 4. The first-order valence-electron chi connectivity index (χ1n) is 7.31. The van der Waals surface area contributed by atoms with E-state index in [1.54, 1.807) is 0 Å². The number of rotatable bonds is 3. The first-order chi connectivity index (χ1) is 12.8. The number of benzene rings is 1. The molecule has 4 N–H and O–H groups in total. The smallest absolute Gasteiger partial charge is 0.383 e. The van der Waals surface area contributed by atoms with Crippen LogP contribution in [0.2, 0.25) is 10.0 Å². The van der Waals surface area contributed by atoms with Gasteiger partial charge in [-0.3, -0.25) is 4.79 Å². The fourth-order valence-electron chi connectivity index (χ4n) is 2.98. The zero-order valence-corrected chi connectivity index (χ0v) is 14.9. The summed E-state index contributed by atoms with van der Waals surface area (Å²) in [5.74, 6) is -5.61. The van der Waals surface area contributed by atoms with Gasteiger partial charge in [0.25, 0.3) is 5.92 Å². The second-order valence-corrected chi connectivity index (χ2v) is 6.88. The SMILES string of the molecule is N#Cc1nn(-c2c(Cl)cc(C(F)(F)F)cc2Cl)c(N)c1C1(C(N)=O)CC1(F)F. The molecule has 6 nitrogen and oxygen atoms in total. The first kappa shape index (κ1) is 20.2. The van der Waals surface area contributed by atoms with E-state index < -0.39 is 62.5 Å². The second-order valence-electron chi connectivity index (χ2n) is 6.07. The van der Waals surface area contributed by atoms with Crippen molar-refractivity contribution in [1.82, 2.24) is 9.78 Å². The van der Waals surface area contributed by atoms with Crippen LogP contribution in [-0.4, -0.2) is 21.6 Å². The molecular weight excluding hydrogens is 432 g/mol. The number of nitrogens with two attached hydrogens (primary N) is 2. The molecule has 1 atom stereocenters. The minimum Gasteiger partial charge on any atom is -0.383 e. The molecule has 0 saturated heterocycles. The van der Waals surface area contributed by atoms with Crippen LogP contribution >= 0.6 is 23.2 Å². The van der Waals surface area contributed by atoms with Crippen LogP contribution in [0.3, 0.4) is 0 Å². The summed E-state index contributed by atoms with van der Waals surface area (Å²) in [6.45, 7) is 0. The molecule has 1 aliphatic rings. The van der Waals surface area contributed by atoms with Gasteiger partial charge < -0.3 is 11.5 Å². The van der Waals surface area contributed by atoms with Crippen LogP contribution in [0.1, 0.15) is 23.2 Å². The van der Waals surface area contributed by atoms with E-state index in [2.05, 4.69) is 5.10 Å². The van der Waals surface area contributed by atoms with Crippen LogP contribution in [0.4, 0.5) is 27.8 Å². The quantitative estimate of drug-likeness (QED) is 0.713. The Bertz CT molecular complexity index is 1040. The van der Waals surface area contributed by atoms with Gasteiger partial charge in [0.15, 0.2) is 5.69 Å². The third-order valence-electron chi connectivity index (χ3n) is 4.42. The van der Waals surface area contributed by atoms with Gasteiger partial charge in [-0.1, -0.05) is 23.2 Å². The number of nitriles is 1. The van der Waals surface area contributed by atoms with Gasteiger partial charge >= 0.3 is 6.18 Å². The molecule has 0 spiro atoms. The third-order valence-corrected chi connectivity index (χ3v) is 4.99. The molecule has 1 aromatic carbocycles. The normalized spacial score (nSPS) is 20.6. The van der Waals surface area contributed by atoms with Crippen molar-refractivity contribution in [3.8, 4) is 11.8 Å². The average Bonchev–Trinajstić information content (AvgIpc) is 2.99. The number of carbonyl (C=O) groups excluding carboxylic acids is 1. The fourth-order valence-corrected chi connectivity index (χ4v) is 3.63. The molecule has 0 aliphatic heterocycles. The molecular formula is C15H8Cl2F5N5O. The Balaban J connectivity index is 2.27. The van der Waals surface area contributed by atoms with Crippen molar-refractivity contribution in [1.29, 1.82) is 5.26 Å². The highest BCUT2D eigenvalue weighted by atomic mass is 35.5. The molecule has 1 aliphatic carbocycles. The van der Waals surface area contributed by atoms with Crippen LogP contribution in [-0.2, 0) is 16.4 Å². The Labute approximate surface area is 163 Å². The molecule has 3 rings (SSSR count). The Kier molecular flexibility index (Phi) is 4.29. The van der Waals surface area contributed by atoms with Gasteiger partial charge in [-0.05, 0) is 12.1 Å². The maximum absolute atomic E-state index is 14.0. The largest absolute Gasteiger partial charge is 0.416 e. The summed E-state index contributed by atoms with van der Waals surface area (Å²) in [4.78, 5) is 11.7. The Hall–Kier alpha value is -2.58. The van der Waals surface area contributed by atoms with Crippen molar-refractivity contribution in [2.24, 2.45) is 5.73 Å². The number of alkyl halides is 5. The predicted octanol–water partition coefficient (Wildman–Crippen LogP) is 3.41. The first-order valence-corrected chi connectivity index (χ1v) is 8.07. The van der Waals surface area contributed by atoms with Gasteiger partial charge in [0.2, 0.25) is 5.91 Å². The summed E-state index contributed by atoms with van der Waals surface area (Å²) < 4.78 is 67.2. The molecule has 1 unspecified atom stereocenters. The Morgan fingerprint density at radius 1 is 1.29 bits per heavy atom. The number of nitrogens with zero attached hydrogens (tertiary/aromatic N) is 3. The number of hydrogen-bond donors (Lipinski definition) is 2. The monoisotopic (exact) mass is 439 g/mol. The topological polar surface area (TPSA) is 111 Å². The number of aromatic nitrogens is 2. The minimum absolute atomic E-state index is 0.375. The van der Waals surface area contributed by atoms with E-state index in [9.17, 15) is 32.0 Å². The number of anilines is 1. The summed E-state index contributed by atoms with van der Waals surface area (Å²) in [5, 5.41) is 11.8. The van der Waals surface area contributed by atoms with E-state index in [-0.39, 0.29) is 5.69 Å². The average molecular weight is 440 g/mol. The van der Waals surface area contributed by atoms with Gasteiger partial charge in [0.1, 0.15) is 23.0 Å². The summed E-state index contributed by atoms with van der Waals surface area (Å²) >= 11 is 11.8. The number of carbonyl (C=O) groups is 1. The van der Waals surface area contributed by atoms with Gasteiger partial charge in [-0.2, -0.15) is 23.5 Å². The van der Waals surface area contributed by atoms with Gasteiger partial charge in [-0.25, -0.2) is 13.5 Å². The lowest BCUT2D eigenvalue weighted by molar-refractivity contribution is -0.137. The van der Waals surface area contributed by atoms with Crippen LogP contribution in [0.25, 0.3) is 5.69 Å². The Morgan fingerprint density at radius 3 is 2.14 bits per heavy atom. The van der Waals surface area contributed by atoms with Gasteiger partial charge in [0.05, 0.1) is 21.2 Å². The van der Waals surface area contributed by atoms with E-state index in [0.29, 0.717) is 16.8 Å². The number of nitrogen functional groups attached to an aromatic ring is 1. The summed E-state index contributed by atoms with van der Waals surface area (Å²) in [6.07, 6.45) is -5.75. The molecule has 1 aromatic heterocycles. The molecule has 28 heavy (non-hydrogen) atoms. The van der Waals surface area contributed by atoms with Crippen LogP contribution in [0, 0.1) is 11.3 Å². The van der Waals surface area contributed by atoms with Crippen molar-refractivity contribution in [3.63, 3.8) is 0 Å². The molecule has 1 heterocycles. The maximum atomic E-state index is 14.0. The molecule has 148 valence electrons. The van der Waals surface area contributed by atoms with E-state index in [0.717, 1.165) is 0 Å². The lowest BCUT2D eigenvalue weighted by Gasteiger charge is -2.15. The maximum Gasteiger partial charge on any atom is 0.416 e. The van der Waals surface area contributed by atoms with Crippen molar-refractivity contribution in [2.45, 2.75) is 23.9 Å². The highest BCUT2D eigenvalue weighted by Gasteiger charge is 2.78. The highest BCUT2D eigenvalue weighted by Crippen LogP contribution is 2.63. The Morgan fingerprint density at radius 2 is 1.79 bits per heavy atom. The van der Waals surface area contributed by atoms with Crippen molar-refractivity contribution < 1.29 is 26.7 Å². The van der Waals surface area contributed by atoms with Crippen LogP contribution in [0.15, 0.2) is 12.1 Å². The number of halogens is 7. The lowest BCUT2D eigenvalue weighted by Crippen LogP contribution is -2.35. The number of amides is 1. The fraction of sp³-hybridized carbons (Fsp3) is 0.267. The van der Waals surface area contributed by atoms with E-state index in [1.165, 1.54) is 6.07 Å². The number of primary amides is 1. The zero-order valence-electron chi connectivity index (χ0n) is 13.4. The summed E-state index contributed by atoms with van der Waals surface area (Å²) in [6, 6.07) is 2.59. The third kappa shape index (κ3) is 2.67. The molecule has 1 fully saturated rings. The molecule has 13 heteroatoms. The molecule has 0 bridgehead atoms.